The van der Waals surface area contributed by atoms with Gasteiger partial charge in [-0.3, -0.25) is 14.4 Å². The summed E-state index contributed by atoms with van der Waals surface area (Å²) in [5.41, 5.74) is -1.26. The number of nitrogens with zero attached hydrogens (tertiary/aromatic N) is 1. The highest BCUT2D eigenvalue weighted by Gasteiger charge is 2.58. The zero-order valence-electron chi connectivity index (χ0n) is 9.73. The Kier molecular flexibility index (Phi) is 2.81. The molecule has 0 atom stereocenters. The maximum atomic E-state index is 11.9. The van der Waals surface area contributed by atoms with Crippen molar-refractivity contribution in [1.82, 2.24) is 10.2 Å². The molecular weight excluding hydrogens is 224 g/mol. The third-order valence-corrected chi connectivity index (χ3v) is 3.24. The Hall–Kier alpha value is -1.59. The molecule has 2 rings (SSSR count). The molecule has 2 aliphatic carbocycles. The summed E-state index contributed by atoms with van der Waals surface area (Å²) in [5, 5.41) is 11.7. The van der Waals surface area contributed by atoms with E-state index >= 15 is 0 Å². The van der Waals surface area contributed by atoms with Crippen LogP contribution >= 0.6 is 0 Å². The van der Waals surface area contributed by atoms with E-state index in [2.05, 4.69) is 5.32 Å². The predicted molar refractivity (Wildman–Crippen MR) is 58.1 cm³/mol. The molecule has 2 amide bonds. The molecule has 2 saturated carbocycles. The minimum Gasteiger partial charge on any atom is -0.480 e. The van der Waals surface area contributed by atoms with Gasteiger partial charge in [0.15, 0.2) is 0 Å². The van der Waals surface area contributed by atoms with Crippen molar-refractivity contribution in [3.63, 3.8) is 0 Å². The van der Waals surface area contributed by atoms with Crippen LogP contribution in [0.4, 0.5) is 0 Å². The van der Waals surface area contributed by atoms with Crippen molar-refractivity contribution in [2.45, 2.75) is 31.7 Å². The average molecular weight is 240 g/mol. The number of likely N-dealkylation sites (N-methyl/N-ethyl adjacent to an activating group) is 1. The Morgan fingerprint density at radius 3 is 2.35 bits per heavy atom. The Morgan fingerprint density at radius 2 is 1.94 bits per heavy atom. The fraction of sp³-hybridized carbons (Fsp3) is 0.727. The topological polar surface area (TPSA) is 86.7 Å². The lowest BCUT2D eigenvalue weighted by Gasteiger charge is -2.20. The molecule has 2 aliphatic rings. The second-order valence-electron chi connectivity index (χ2n) is 4.89. The van der Waals surface area contributed by atoms with Crippen molar-refractivity contribution in [3.05, 3.63) is 0 Å². The first-order chi connectivity index (χ1) is 7.95. The minimum absolute atomic E-state index is 0.0651. The summed E-state index contributed by atoms with van der Waals surface area (Å²) in [6.45, 7) is -0.0651. The SMILES string of the molecule is CN(CC(=O)NC1CC1)C(=O)C1(C(=O)O)CC1. The van der Waals surface area contributed by atoms with Gasteiger partial charge in [-0.1, -0.05) is 0 Å². The third-order valence-electron chi connectivity index (χ3n) is 3.24. The van der Waals surface area contributed by atoms with Crippen molar-refractivity contribution < 1.29 is 19.5 Å². The van der Waals surface area contributed by atoms with E-state index in [4.69, 9.17) is 5.11 Å². The number of carbonyl (C=O) groups is 3. The molecule has 94 valence electrons. The number of rotatable bonds is 5. The van der Waals surface area contributed by atoms with E-state index in [9.17, 15) is 14.4 Å². The number of hydrogen-bond acceptors (Lipinski definition) is 3. The van der Waals surface area contributed by atoms with Gasteiger partial charge in [0, 0.05) is 13.1 Å². The fourth-order valence-electron chi connectivity index (χ4n) is 1.80. The Morgan fingerprint density at radius 1 is 1.35 bits per heavy atom. The molecule has 2 N–H and O–H groups in total. The van der Waals surface area contributed by atoms with Crippen molar-refractivity contribution in [2.75, 3.05) is 13.6 Å². The van der Waals surface area contributed by atoms with Gasteiger partial charge in [-0.15, -0.1) is 0 Å². The zero-order valence-corrected chi connectivity index (χ0v) is 9.73. The van der Waals surface area contributed by atoms with Gasteiger partial charge in [0.2, 0.25) is 11.8 Å². The molecule has 0 radical (unpaired) electrons. The van der Waals surface area contributed by atoms with Crippen LogP contribution in [0.5, 0.6) is 0 Å². The van der Waals surface area contributed by atoms with E-state index in [0.717, 1.165) is 12.8 Å². The lowest BCUT2D eigenvalue weighted by atomic mass is 10.1. The first kappa shape index (κ1) is 11.9. The third kappa shape index (κ3) is 2.40. The summed E-state index contributed by atoms with van der Waals surface area (Å²) in [5.74, 6) is -1.77. The molecule has 0 heterocycles. The van der Waals surface area contributed by atoms with Crippen LogP contribution in [0, 0.1) is 5.41 Å². The number of nitrogens with one attached hydrogen (secondary N) is 1. The van der Waals surface area contributed by atoms with Gasteiger partial charge in [-0.25, -0.2) is 0 Å². The molecule has 0 bridgehead atoms. The first-order valence-electron chi connectivity index (χ1n) is 5.74. The quantitative estimate of drug-likeness (QED) is 0.639. The molecule has 17 heavy (non-hydrogen) atoms. The molecule has 0 aromatic heterocycles. The molecule has 0 aromatic carbocycles. The fourth-order valence-corrected chi connectivity index (χ4v) is 1.80. The van der Waals surface area contributed by atoms with Gasteiger partial charge in [0.05, 0.1) is 6.54 Å². The summed E-state index contributed by atoms with van der Waals surface area (Å²) in [6, 6.07) is 0.250. The lowest BCUT2D eigenvalue weighted by molar-refractivity contribution is -0.153. The molecule has 0 spiro atoms. The van der Waals surface area contributed by atoms with E-state index in [1.165, 1.54) is 11.9 Å². The largest absolute Gasteiger partial charge is 0.480 e. The van der Waals surface area contributed by atoms with Gasteiger partial charge < -0.3 is 15.3 Å². The maximum absolute atomic E-state index is 11.9. The van der Waals surface area contributed by atoms with Crippen molar-refractivity contribution in [2.24, 2.45) is 5.41 Å². The number of aliphatic carboxylic acids is 1. The zero-order chi connectivity index (χ0) is 12.6. The van der Waals surface area contributed by atoms with Crippen LogP contribution < -0.4 is 5.32 Å². The standard InChI is InChI=1S/C11H16N2O4/c1-13(6-8(14)12-7-2-3-7)9(15)11(4-5-11)10(16)17/h7H,2-6H2,1H3,(H,12,14)(H,16,17). The Labute approximate surface area is 99.0 Å². The van der Waals surface area contributed by atoms with Crippen LogP contribution in [0.25, 0.3) is 0 Å². The molecule has 0 unspecified atom stereocenters. The highest BCUT2D eigenvalue weighted by atomic mass is 16.4. The van der Waals surface area contributed by atoms with Gasteiger partial charge >= 0.3 is 5.97 Å². The van der Waals surface area contributed by atoms with E-state index < -0.39 is 17.3 Å². The van der Waals surface area contributed by atoms with Gasteiger partial charge in [-0.05, 0) is 25.7 Å². The normalized spacial score (nSPS) is 20.5. The molecule has 0 aromatic rings. The van der Waals surface area contributed by atoms with Crippen LogP contribution in [-0.2, 0) is 14.4 Å². The summed E-state index contributed by atoms with van der Waals surface area (Å²) in [4.78, 5) is 35.5. The lowest BCUT2D eigenvalue weighted by Crippen LogP contribution is -2.44. The van der Waals surface area contributed by atoms with Crippen molar-refractivity contribution >= 4 is 17.8 Å². The van der Waals surface area contributed by atoms with Crippen LogP contribution in [0.2, 0.25) is 0 Å². The minimum atomic E-state index is -1.26. The first-order valence-corrected chi connectivity index (χ1v) is 5.74. The van der Waals surface area contributed by atoms with Crippen molar-refractivity contribution in [1.29, 1.82) is 0 Å². The Balaban J connectivity index is 1.86. The van der Waals surface area contributed by atoms with E-state index in [1.807, 2.05) is 0 Å². The second-order valence-corrected chi connectivity index (χ2v) is 4.89. The summed E-state index contributed by atoms with van der Waals surface area (Å²) < 4.78 is 0. The predicted octanol–water partition coefficient (Wildman–Crippen LogP) is -0.412. The summed E-state index contributed by atoms with van der Waals surface area (Å²) in [6.07, 6.45) is 2.72. The highest BCUT2D eigenvalue weighted by Crippen LogP contribution is 2.47. The number of carbonyl (C=O) groups excluding carboxylic acids is 2. The molecule has 6 heteroatoms. The van der Waals surface area contributed by atoms with E-state index in [-0.39, 0.29) is 18.5 Å². The maximum Gasteiger partial charge on any atom is 0.319 e. The van der Waals surface area contributed by atoms with Gasteiger partial charge in [0.25, 0.3) is 0 Å². The summed E-state index contributed by atoms with van der Waals surface area (Å²) in [7, 11) is 1.47. The van der Waals surface area contributed by atoms with E-state index in [1.54, 1.807) is 0 Å². The monoisotopic (exact) mass is 240 g/mol. The molecule has 0 aliphatic heterocycles. The van der Waals surface area contributed by atoms with E-state index in [0.29, 0.717) is 12.8 Å². The van der Waals surface area contributed by atoms with Gasteiger partial charge in [0.1, 0.15) is 5.41 Å². The number of hydrogen-bond donors (Lipinski definition) is 2. The van der Waals surface area contributed by atoms with Gasteiger partial charge in [-0.2, -0.15) is 0 Å². The molecule has 2 fully saturated rings. The molecular formula is C11H16N2O4. The van der Waals surface area contributed by atoms with Crippen LogP contribution in [0.1, 0.15) is 25.7 Å². The van der Waals surface area contributed by atoms with Crippen LogP contribution in [0.15, 0.2) is 0 Å². The average Bonchev–Trinajstić information content (AvgIpc) is 3.10. The van der Waals surface area contributed by atoms with Crippen LogP contribution in [0.3, 0.4) is 0 Å². The number of carboxylic acid groups (broad SMARTS) is 1. The summed E-state index contributed by atoms with van der Waals surface area (Å²) >= 11 is 0. The van der Waals surface area contributed by atoms with Crippen molar-refractivity contribution in [3.8, 4) is 0 Å². The number of carboxylic acids is 1. The highest BCUT2D eigenvalue weighted by molar-refractivity contribution is 6.05. The number of amides is 2. The smallest absolute Gasteiger partial charge is 0.319 e. The molecule has 6 nitrogen and oxygen atoms in total. The second kappa shape index (κ2) is 4.01. The van der Waals surface area contributed by atoms with Crippen LogP contribution in [-0.4, -0.2) is 47.4 Å². The Bertz CT molecular complexity index is 372. The molecule has 0 saturated heterocycles.